The van der Waals surface area contributed by atoms with Crippen LogP contribution in [0.2, 0.25) is 0 Å². The van der Waals surface area contributed by atoms with E-state index in [-0.39, 0.29) is 10.8 Å². The second-order valence-electron chi connectivity index (χ2n) is 8.16. The third-order valence-corrected chi connectivity index (χ3v) is 7.63. The van der Waals surface area contributed by atoms with Crippen molar-refractivity contribution in [2.45, 2.75) is 18.7 Å². The number of anilines is 1. The predicted octanol–water partition coefficient (Wildman–Crippen LogP) is 3.30. The first-order valence-corrected chi connectivity index (χ1v) is 13.2. The number of aromatic nitrogens is 1. The first kappa shape index (κ1) is 22.8. The highest BCUT2D eigenvalue weighted by molar-refractivity contribution is 7.91. The topological polar surface area (TPSA) is 79.8 Å². The zero-order valence-corrected chi connectivity index (χ0v) is 20.1. The van der Waals surface area contributed by atoms with Gasteiger partial charge in [-0.15, -0.1) is 0 Å². The molecule has 1 fully saturated rings. The molecule has 0 radical (unpaired) electrons. The van der Waals surface area contributed by atoms with Gasteiger partial charge in [0.25, 0.3) is 5.91 Å². The summed E-state index contributed by atoms with van der Waals surface area (Å²) in [5.74, 6) is -0.134. The molecule has 4 rings (SSSR count). The molecule has 1 aromatic heterocycles. The summed E-state index contributed by atoms with van der Waals surface area (Å²) >= 11 is 1.34. The summed E-state index contributed by atoms with van der Waals surface area (Å²) in [7, 11) is -3.44. The minimum absolute atomic E-state index is 0.134. The van der Waals surface area contributed by atoms with Gasteiger partial charge in [-0.2, -0.15) is 0 Å². The molecule has 0 N–H and O–H groups in total. The number of fused-ring (bicyclic) bond motifs is 1. The lowest BCUT2D eigenvalue weighted by atomic mass is 10.1. The number of ether oxygens (including phenoxy) is 1. The highest BCUT2D eigenvalue weighted by Gasteiger charge is 2.25. The van der Waals surface area contributed by atoms with E-state index < -0.39 is 9.84 Å². The fourth-order valence-corrected chi connectivity index (χ4v) is 5.84. The van der Waals surface area contributed by atoms with Crippen molar-refractivity contribution in [3.05, 3.63) is 53.1 Å². The molecular formula is C23H27N3O4S2. The minimum atomic E-state index is -3.44. The van der Waals surface area contributed by atoms with Crippen LogP contribution in [0.25, 0.3) is 10.2 Å². The Balaban J connectivity index is 1.73. The summed E-state index contributed by atoms with van der Waals surface area (Å²) in [5.41, 5.74) is 3.06. The second-order valence-corrected chi connectivity index (χ2v) is 11.2. The standard InChI is InChI=1S/C23H27N3O4S2/c1-16-13-17(2)15-18(14-16)22(27)26(8-7-25-9-11-30-12-10-25)23-24-21-19(31-23)5-4-6-20(21)32(3,28)29/h4-6,13-15H,7-12H2,1-3H3. The molecule has 7 nitrogen and oxygen atoms in total. The average molecular weight is 474 g/mol. The van der Waals surface area contributed by atoms with E-state index in [2.05, 4.69) is 9.88 Å². The monoisotopic (exact) mass is 473 g/mol. The Morgan fingerprint density at radius 1 is 1.16 bits per heavy atom. The van der Waals surface area contributed by atoms with Crippen LogP contribution in [0.4, 0.5) is 5.13 Å². The minimum Gasteiger partial charge on any atom is -0.379 e. The fourth-order valence-electron chi connectivity index (χ4n) is 3.93. The average Bonchev–Trinajstić information content (AvgIpc) is 3.17. The van der Waals surface area contributed by atoms with E-state index >= 15 is 0 Å². The van der Waals surface area contributed by atoms with Crippen LogP contribution in [0.15, 0.2) is 41.3 Å². The molecule has 2 heterocycles. The van der Waals surface area contributed by atoms with Crippen LogP contribution in [-0.4, -0.2) is 69.9 Å². The number of benzene rings is 2. The van der Waals surface area contributed by atoms with Crippen molar-refractivity contribution < 1.29 is 17.9 Å². The number of amides is 1. The van der Waals surface area contributed by atoms with Crippen LogP contribution in [-0.2, 0) is 14.6 Å². The van der Waals surface area contributed by atoms with Crippen LogP contribution in [0.1, 0.15) is 21.5 Å². The van der Waals surface area contributed by atoms with Crippen molar-refractivity contribution >= 4 is 42.4 Å². The van der Waals surface area contributed by atoms with Gasteiger partial charge in [0.05, 0.1) is 22.8 Å². The van der Waals surface area contributed by atoms with Crippen LogP contribution in [0.3, 0.4) is 0 Å². The van der Waals surface area contributed by atoms with Crippen LogP contribution in [0.5, 0.6) is 0 Å². The molecule has 1 aliphatic rings. The van der Waals surface area contributed by atoms with Gasteiger partial charge in [-0.05, 0) is 38.1 Å². The highest BCUT2D eigenvalue weighted by Crippen LogP contribution is 2.33. The maximum atomic E-state index is 13.6. The predicted molar refractivity (Wildman–Crippen MR) is 128 cm³/mol. The van der Waals surface area contributed by atoms with Gasteiger partial charge in [-0.1, -0.05) is 34.6 Å². The lowest BCUT2D eigenvalue weighted by Crippen LogP contribution is -2.43. The van der Waals surface area contributed by atoms with Gasteiger partial charge < -0.3 is 4.74 Å². The number of para-hydroxylation sites is 1. The van der Waals surface area contributed by atoms with Gasteiger partial charge in [-0.25, -0.2) is 13.4 Å². The van der Waals surface area contributed by atoms with Crippen molar-refractivity contribution in [3.63, 3.8) is 0 Å². The van der Waals surface area contributed by atoms with E-state index in [4.69, 9.17) is 4.74 Å². The summed E-state index contributed by atoms with van der Waals surface area (Å²) < 4.78 is 30.7. The number of carbonyl (C=O) groups is 1. The molecule has 0 bridgehead atoms. The summed E-state index contributed by atoms with van der Waals surface area (Å²) in [4.78, 5) is 22.4. The Labute approximate surface area is 192 Å². The largest absolute Gasteiger partial charge is 0.379 e. The second kappa shape index (κ2) is 9.27. The SMILES string of the molecule is Cc1cc(C)cc(C(=O)N(CCN2CCOCC2)c2nc3c(S(C)(=O)=O)cccc3s2)c1. The smallest absolute Gasteiger partial charge is 0.260 e. The van der Waals surface area contributed by atoms with Crippen molar-refractivity contribution in [3.8, 4) is 0 Å². The molecule has 170 valence electrons. The molecule has 32 heavy (non-hydrogen) atoms. The Hall–Kier alpha value is -2.33. The third kappa shape index (κ3) is 5.01. The molecule has 2 aromatic carbocycles. The number of hydrogen-bond acceptors (Lipinski definition) is 7. The summed E-state index contributed by atoms with van der Waals surface area (Å²) in [6.07, 6.45) is 1.18. The molecule has 1 amide bonds. The number of nitrogens with zero attached hydrogens (tertiary/aromatic N) is 3. The van der Waals surface area contributed by atoms with E-state index in [1.807, 2.05) is 38.1 Å². The van der Waals surface area contributed by atoms with Gasteiger partial charge in [0, 0.05) is 38.0 Å². The van der Waals surface area contributed by atoms with Crippen molar-refractivity contribution in [2.75, 3.05) is 50.5 Å². The van der Waals surface area contributed by atoms with Crippen LogP contribution in [0, 0.1) is 13.8 Å². The molecule has 3 aromatic rings. The van der Waals surface area contributed by atoms with Crippen LogP contribution < -0.4 is 4.90 Å². The summed E-state index contributed by atoms with van der Waals surface area (Å²) in [5, 5.41) is 0.508. The Morgan fingerprint density at radius 3 is 2.50 bits per heavy atom. The molecule has 0 spiro atoms. The number of carbonyl (C=O) groups excluding carboxylic acids is 1. The molecule has 0 saturated carbocycles. The van der Waals surface area contributed by atoms with Gasteiger partial charge in [0.1, 0.15) is 5.52 Å². The van der Waals surface area contributed by atoms with Crippen molar-refractivity contribution in [1.82, 2.24) is 9.88 Å². The first-order valence-electron chi connectivity index (χ1n) is 10.5. The molecule has 1 saturated heterocycles. The number of hydrogen-bond donors (Lipinski definition) is 0. The number of thiazole rings is 1. The quantitative estimate of drug-likeness (QED) is 0.547. The third-order valence-electron chi connectivity index (χ3n) is 5.46. The van der Waals surface area contributed by atoms with E-state index in [0.717, 1.165) is 28.9 Å². The molecular weight excluding hydrogens is 446 g/mol. The maximum Gasteiger partial charge on any atom is 0.260 e. The zero-order valence-electron chi connectivity index (χ0n) is 18.5. The lowest BCUT2D eigenvalue weighted by molar-refractivity contribution is 0.0391. The van der Waals surface area contributed by atoms with Crippen molar-refractivity contribution in [2.24, 2.45) is 0 Å². The molecule has 9 heteroatoms. The highest BCUT2D eigenvalue weighted by atomic mass is 32.2. The number of morpholine rings is 1. The van der Waals surface area contributed by atoms with Crippen LogP contribution >= 0.6 is 11.3 Å². The van der Waals surface area contributed by atoms with Gasteiger partial charge in [0.2, 0.25) is 0 Å². The lowest BCUT2D eigenvalue weighted by Gasteiger charge is -2.29. The van der Waals surface area contributed by atoms with Gasteiger partial charge >= 0.3 is 0 Å². The Bertz CT molecular complexity index is 1230. The summed E-state index contributed by atoms with van der Waals surface area (Å²) in [6.45, 7) is 8.10. The molecule has 0 aliphatic carbocycles. The normalized spacial score (nSPS) is 15.2. The Morgan fingerprint density at radius 2 is 1.84 bits per heavy atom. The molecule has 0 unspecified atom stereocenters. The number of sulfone groups is 1. The van der Waals surface area contributed by atoms with E-state index in [9.17, 15) is 13.2 Å². The van der Waals surface area contributed by atoms with Gasteiger partial charge in [-0.3, -0.25) is 14.6 Å². The Kier molecular flexibility index (Phi) is 6.62. The molecule has 0 atom stereocenters. The number of rotatable bonds is 6. The fraction of sp³-hybridized carbons (Fsp3) is 0.391. The number of aryl methyl sites for hydroxylation is 2. The van der Waals surface area contributed by atoms with Gasteiger partial charge in [0.15, 0.2) is 15.0 Å². The maximum absolute atomic E-state index is 13.6. The zero-order chi connectivity index (χ0) is 22.9. The van der Waals surface area contributed by atoms with E-state index in [1.165, 1.54) is 17.6 Å². The van der Waals surface area contributed by atoms with E-state index in [1.54, 1.807) is 17.0 Å². The molecule has 1 aliphatic heterocycles. The van der Waals surface area contributed by atoms with Crippen molar-refractivity contribution in [1.29, 1.82) is 0 Å². The summed E-state index contributed by atoms with van der Waals surface area (Å²) in [6, 6.07) is 10.9. The first-order chi connectivity index (χ1) is 15.2. The van der Waals surface area contributed by atoms with E-state index in [0.29, 0.717) is 42.5 Å².